The fourth-order valence-electron chi connectivity index (χ4n) is 1.61. The van der Waals surface area contributed by atoms with Gasteiger partial charge in [-0.05, 0) is 59.6 Å². The zero-order valence-corrected chi connectivity index (χ0v) is 11.2. The van der Waals surface area contributed by atoms with Gasteiger partial charge in [-0.2, -0.15) is 11.3 Å². The zero-order valence-electron chi connectivity index (χ0n) is 10.4. The highest BCUT2D eigenvalue weighted by Crippen LogP contribution is 2.08. The van der Waals surface area contributed by atoms with E-state index in [1.165, 1.54) is 17.7 Å². The average Bonchev–Trinajstić information content (AvgIpc) is 2.91. The Bertz CT molecular complexity index is 511. The molecule has 0 bridgehead atoms. The largest absolute Gasteiger partial charge is 0.325 e. The molecule has 0 atom stereocenters. The number of halogens is 1. The molecule has 0 fully saturated rings. The molecule has 19 heavy (non-hydrogen) atoms. The molecule has 0 saturated carbocycles. The van der Waals surface area contributed by atoms with Gasteiger partial charge in [0.15, 0.2) is 0 Å². The maximum absolute atomic E-state index is 12.7. The first kappa shape index (κ1) is 13.7. The molecule has 0 saturated heterocycles. The molecule has 2 N–H and O–H groups in total. The van der Waals surface area contributed by atoms with Crippen LogP contribution in [0, 0.1) is 5.82 Å². The molecule has 0 aliphatic heterocycles. The van der Waals surface area contributed by atoms with Gasteiger partial charge in [-0.25, -0.2) is 4.39 Å². The fraction of sp³-hybridized carbons (Fsp3) is 0.214. The predicted octanol–water partition coefficient (Wildman–Crippen LogP) is 2.66. The van der Waals surface area contributed by atoms with Crippen LogP contribution in [0.15, 0.2) is 41.1 Å². The van der Waals surface area contributed by atoms with Gasteiger partial charge in [0, 0.05) is 5.69 Å². The Morgan fingerprint density at radius 1 is 1.21 bits per heavy atom. The summed E-state index contributed by atoms with van der Waals surface area (Å²) in [6.07, 6.45) is 0.910. The lowest BCUT2D eigenvalue weighted by Crippen LogP contribution is -2.29. The van der Waals surface area contributed by atoms with E-state index >= 15 is 0 Å². The van der Waals surface area contributed by atoms with Crippen LogP contribution < -0.4 is 10.6 Å². The van der Waals surface area contributed by atoms with E-state index in [0.717, 1.165) is 13.0 Å². The number of benzene rings is 1. The number of hydrogen-bond donors (Lipinski definition) is 2. The van der Waals surface area contributed by atoms with Crippen molar-refractivity contribution in [2.24, 2.45) is 0 Å². The Morgan fingerprint density at radius 2 is 2.00 bits per heavy atom. The van der Waals surface area contributed by atoms with Gasteiger partial charge in [0.2, 0.25) is 5.91 Å². The van der Waals surface area contributed by atoms with Crippen LogP contribution in [0.2, 0.25) is 0 Å². The number of carbonyl (C=O) groups is 1. The Hall–Kier alpha value is -1.72. The van der Waals surface area contributed by atoms with E-state index in [9.17, 15) is 9.18 Å². The van der Waals surface area contributed by atoms with Crippen molar-refractivity contribution in [1.82, 2.24) is 5.32 Å². The molecule has 3 nitrogen and oxygen atoms in total. The van der Waals surface area contributed by atoms with Crippen LogP contribution in [0.1, 0.15) is 5.56 Å². The molecule has 5 heteroatoms. The number of rotatable bonds is 6. The molecule has 0 spiro atoms. The quantitative estimate of drug-likeness (QED) is 0.798. The van der Waals surface area contributed by atoms with Crippen molar-refractivity contribution >= 4 is 22.9 Å². The topological polar surface area (TPSA) is 41.1 Å². The summed E-state index contributed by atoms with van der Waals surface area (Å²) in [7, 11) is 0. The maximum Gasteiger partial charge on any atom is 0.238 e. The summed E-state index contributed by atoms with van der Waals surface area (Å²) in [6.45, 7) is 1.01. The molecule has 0 aliphatic carbocycles. The molecule has 2 aromatic rings. The molecule has 1 aromatic heterocycles. The van der Waals surface area contributed by atoms with Gasteiger partial charge >= 0.3 is 0 Å². The summed E-state index contributed by atoms with van der Waals surface area (Å²) in [5.74, 6) is -0.441. The summed E-state index contributed by atoms with van der Waals surface area (Å²) in [5, 5.41) is 9.91. The minimum atomic E-state index is -0.313. The molecule has 100 valence electrons. The smallest absolute Gasteiger partial charge is 0.238 e. The highest BCUT2D eigenvalue weighted by Gasteiger charge is 2.02. The van der Waals surface area contributed by atoms with Gasteiger partial charge < -0.3 is 10.6 Å². The van der Waals surface area contributed by atoms with E-state index in [-0.39, 0.29) is 18.3 Å². The Morgan fingerprint density at radius 3 is 2.68 bits per heavy atom. The Kier molecular flexibility index (Phi) is 5.06. The van der Waals surface area contributed by atoms with E-state index in [4.69, 9.17) is 0 Å². The predicted molar refractivity (Wildman–Crippen MR) is 75.9 cm³/mol. The fourth-order valence-corrected chi connectivity index (χ4v) is 2.31. The third-order valence-corrected chi connectivity index (χ3v) is 3.32. The molecule has 0 radical (unpaired) electrons. The van der Waals surface area contributed by atoms with Crippen molar-refractivity contribution in [1.29, 1.82) is 0 Å². The number of nitrogens with one attached hydrogen (secondary N) is 2. The van der Waals surface area contributed by atoms with Gasteiger partial charge in [0.05, 0.1) is 6.54 Å². The lowest BCUT2D eigenvalue weighted by molar-refractivity contribution is -0.115. The monoisotopic (exact) mass is 278 g/mol. The molecule has 0 unspecified atom stereocenters. The third-order valence-electron chi connectivity index (χ3n) is 2.58. The minimum absolute atomic E-state index is 0.128. The minimum Gasteiger partial charge on any atom is -0.325 e. The lowest BCUT2D eigenvalue weighted by Gasteiger charge is -2.06. The number of thiophene rings is 1. The second-order valence-corrected chi connectivity index (χ2v) is 4.89. The summed E-state index contributed by atoms with van der Waals surface area (Å²) in [5.41, 5.74) is 1.88. The van der Waals surface area contributed by atoms with Gasteiger partial charge in [-0.15, -0.1) is 0 Å². The van der Waals surface area contributed by atoms with Crippen LogP contribution in [0.25, 0.3) is 0 Å². The van der Waals surface area contributed by atoms with Gasteiger partial charge in [0.1, 0.15) is 5.82 Å². The highest BCUT2D eigenvalue weighted by atomic mass is 32.1. The van der Waals surface area contributed by atoms with E-state index in [1.54, 1.807) is 23.5 Å². The van der Waals surface area contributed by atoms with Crippen molar-refractivity contribution in [3.05, 3.63) is 52.5 Å². The zero-order chi connectivity index (χ0) is 13.5. The molecule has 0 aliphatic rings. The van der Waals surface area contributed by atoms with Crippen molar-refractivity contribution in [2.75, 3.05) is 18.4 Å². The first-order valence-corrected chi connectivity index (χ1v) is 6.95. The first-order chi connectivity index (χ1) is 9.24. The normalized spacial score (nSPS) is 10.4. The maximum atomic E-state index is 12.7. The van der Waals surface area contributed by atoms with Crippen LogP contribution in [0.4, 0.5) is 10.1 Å². The summed E-state index contributed by atoms with van der Waals surface area (Å²) < 4.78 is 12.7. The molecule has 1 aromatic carbocycles. The van der Waals surface area contributed by atoms with Gasteiger partial charge in [0.25, 0.3) is 0 Å². The van der Waals surface area contributed by atoms with Crippen LogP contribution in [-0.2, 0) is 11.2 Å². The van der Waals surface area contributed by atoms with E-state index in [2.05, 4.69) is 22.1 Å². The number of anilines is 1. The van der Waals surface area contributed by atoms with Gasteiger partial charge in [-0.1, -0.05) is 0 Å². The van der Waals surface area contributed by atoms with Crippen LogP contribution in [-0.4, -0.2) is 19.0 Å². The first-order valence-electron chi connectivity index (χ1n) is 6.01. The third kappa shape index (κ3) is 4.81. The highest BCUT2D eigenvalue weighted by molar-refractivity contribution is 7.07. The summed E-state index contributed by atoms with van der Waals surface area (Å²) in [6, 6.07) is 7.79. The Balaban J connectivity index is 1.65. The summed E-state index contributed by atoms with van der Waals surface area (Å²) >= 11 is 1.67. The summed E-state index contributed by atoms with van der Waals surface area (Å²) in [4.78, 5) is 11.6. The second-order valence-electron chi connectivity index (χ2n) is 4.11. The second kappa shape index (κ2) is 7.01. The van der Waals surface area contributed by atoms with Crippen molar-refractivity contribution in [2.45, 2.75) is 6.42 Å². The van der Waals surface area contributed by atoms with E-state index in [0.29, 0.717) is 5.69 Å². The van der Waals surface area contributed by atoms with Gasteiger partial charge in [-0.3, -0.25) is 4.79 Å². The van der Waals surface area contributed by atoms with Crippen LogP contribution >= 0.6 is 11.3 Å². The van der Waals surface area contributed by atoms with Crippen molar-refractivity contribution < 1.29 is 9.18 Å². The average molecular weight is 278 g/mol. The molecular weight excluding hydrogens is 263 g/mol. The molecule has 2 rings (SSSR count). The van der Waals surface area contributed by atoms with Crippen LogP contribution in [0.3, 0.4) is 0 Å². The number of amides is 1. The molecule has 1 heterocycles. The number of carbonyl (C=O) groups excluding carboxylic acids is 1. The lowest BCUT2D eigenvalue weighted by atomic mass is 10.2. The van der Waals surface area contributed by atoms with Crippen molar-refractivity contribution in [3.63, 3.8) is 0 Å². The van der Waals surface area contributed by atoms with E-state index in [1.807, 2.05) is 5.38 Å². The molecular formula is C14H15FN2OS. The Labute approximate surface area is 115 Å². The van der Waals surface area contributed by atoms with Crippen LogP contribution in [0.5, 0.6) is 0 Å². The van der Waals surface area contributed by atoms with E-state index < -0.39 is 0 Å². The number of hydrogen-bond acceptors (Lipinski definition) is 3. The molecule has 1 amide bonds. The van der Waals surface area contributed by atoms with Crippen molar-refractivity contribution in [3.8, 4) is 0 Å². The standard InChI is InChI=1S/C14H15FN2OS/c15-12-1-3-13(4-2-12)17-14(18)9-16-7-5-11-6-8-19-10-11/h1-4,6,8,10,16H,5,7,9H2,(H,17,18). The SMILES string of the molecule is O=C(CNCCc1ccsc1)Nc1ccc(F)cc1.